The molecule has 4 rings (SSSR count). The van der Waals surface area contributed by atoms with Crippen molar-refractivity contribution >= 4 is 5.78 Å². The molecular formula is C21H29NO4. The van der Waals surface area contributed by atoms with Crippen LogP contribution in [0.25, 0.3) is 0 Å². The summed E-state index contributed by atoms with van der Waals surface area (Å²) in [5, 5.41) is 11.6. The van der Waals surface area contributed by atoms with Crippen LogP contribution in [0.5, 0.6) is 0 Å². The Morgan fingerprint density at radius 1 is 1.15 bits per heavy atom. The molecule has 0 aromatic carbocycles. The lowest BCUT2D eigenvalue weighted by atomic mass is 9.47. The van der Waals surface area contributed by atoms with Crippen LogP contribution in [0, 0.1) is 38.7 Å². The van der Waals surface area contributed by atoms with Gasteiger partial charge in [0.05, 0.1) is 11.2 Å². The van der Waals surface area contributed by atoms with Crippen LogP contribution in [0.15, 0.2) is 24.1 Å². The highest BCUT2D eigenvalue weighted by atomic mass is 16.6. The van der Waals surface area contributed by atoms with E-state index in [1.165, 1.54) is 6.42 Å². The number of allylic oxidation sites excluding steroid dienone is 1. The van der Waals surface area contributed by atoms with Gasteiger partial charge in [-0.2, -0.15) is 0 Å². The Hall–Kier alpha value is -1.65. The fourth-order valence-electron chi connectivity index (χ4n) is 7.19. The lowest BCUT2D eigenvalue weighted by molar-refractivity contribution is -0.422. The predicted molar refractivity (Wildman–Crippen MR) is 97.7 cm³/mol. The molecule has 5 heteroatoms. The maximum Gasteiger partial charge on any atom is 0.311 e. The number of carbonyl (C=O) groups is 1. The number of rotatable bonds is 3. The van der Waals surface area contributed by atoms with Gasteiger partial charge in [0.15, 0.2) is 0 Å². The number of ketones is 1. The van der Waals surface area contributed by atoms with E-state index in [4.69, 9.17) is 4.74 Å². The van der Waals surface area contributed by atoms with Gasteiger partial charge in [-0.3, -0.25) is 14.9 Å². The molecule has 0 aromatic rings. The molecule has 6 atom stereocenters. The molecule has 0 radical (unpaired) electrons. The van der Waals surface area contributed by atoms with Crippen molar-refractivity contribution in [3.05, 3.63) is 34.2 Å². The van der Waals surface area contributed by atoms with Crippen LogP contribution < -0.4 is 0 Å². The summed E-state index contributed by atoms with van der Waals surface area (Å²) in [6.45, 7) is 8.32. The lowest BCUT2D eigenvalue weighted by Crippen LogP contribution is -2.52. The molecule has 0 saturated heterocycles. The standard InChI is InChI=1S/C21H29NO4/c1-4-26-18-8-7-14-13-5-6-16-19(22(24)25)17(23)10-12-20(16,2)15(13)9-11-21(14,18)3/h4,13-15,18H,1,5-12H2,2-3H3/t13-,14-,15-,18-,20+,21-/m0/s1. The van der Waals surface area contributed by atoms with Crippen LogP contribution >= 0.6 is 0 Å². The average molecular weight is 359 g/mol. The maximum absolute atomic E-state index is 12.2. The average Bonchev–Trinajstić information content (AvgIpc) is 2.92. The molecule has 4 aliphatic rings. The monoisotopic (exact) mass is 359 g/mol. The number of hydrogen-bond donors (Lipinski definition) is 0. The molecule has 0 N–H and O–H groups in total. The smallest absolute Gasteiger partial charge is 0.311 e. The van der Waals surface area contributed by atoms with Crippen molar-refractivity contribution in [1.82, 2.24) is 0 Å². The molecule has 0 spiro atoms. The molecule has 0 amide bonds. The number of Topliss-reactive ketones (excluding diaryl/α,β-unsaturated/α-hetero) is 1. The minimum absolute atomic E-state index is 0.0789. The molecule has 3 saturated carbocycles. The first-order valence-corrected chi connectivity index (χ1v) is 10.0. The fourth-order valence-corrected chi connectivity index (χ4v) is 7.19. The SMILES string of the molecule is C=CO[C@H]1CC[C@H]2[C@@H]3CCC4=C([N+](=O)[O-])C(=O)CC[C@]4(C)[C@H]3CC[C@]12C. The Morgan fingerprint density at radius 2 is 1.92 bits per heavy atom. The molecule has 5 nitrogen and oxygen atoms in total. The Labute approximate surface area is 155 Å². The van der Waals surface area contributed by atoms with Gasteiger partial charge < -0.3 is 4.74 Å². The molecule has 3 fully saturated rings. The molecule has 0 aliphatic heterocycles. The summed E-state index contributed by atoms with van der Waals surface area (Å²) < 4.78 is 5.87. The highest BCUT2D eigenvalue weighted by molar-refractivity contribution is 5.95. The quantitative estimate of drug-likeness (QED) is 0.418. The molecule has 4 aliphatic carbocycles. The molecule has 0 heterocycles. The summed E-state index contributed by atoms with van der Waals surface area (Å²) in [6.07, 6.45) is 9.04. The van der Waals surface area contributed by atoms with Gasteiger partial charge in [0.25, 0.3) is 0 Å². The van der Waals surface area contributed by atoms with Crippen molar-refractivity contribution in [2.75, 3.05) is 0 Å². The van der Waals surface area contributed by atoms with E-state index < -0.39 is 4.92 Å². The zero-order chi connectivity index (χ0) is 18.7. The number of carbonyl (C=O) groups excluding carboxylic acids is 1. The van der Waals surface area contributed by atoms with Crippen LogP contribution in [-0.2, 0) is 9.53 Å². The number of hydrogen-bond acceptors (Lipinski definition) is 4. The summed E-state index contributed by atoms with van der Waals surface area (Å²) in [5.41, 5.74) is 0.770. The Bertz CT molecular complexity index is 698. The normalized spacial score (nSPS) is 44.8. The summed E-state index contributed by atoms with van der Waals surface area (Å²) in [6, 6.07) is 0. The van der Waals surface area contributed by atoms with Gasteiger partial charge in [0.1, 0.15) is 6.10 Å². The zero-order valence-corrected chi connectivity index (χ0v) is 15.8. The number of nitrogens with zero attached hydrogens (tertiary/aromatic N) is 1. The fraction of sp³-hybridized carbons (Fsp3) is 0.762. The van der Waals surface area contributed by atoms with E-state index in [1.54, 1.807) is 6.26 Å². The van der Waals surface area contributed by atoms with Gasteiger partial charge in [-0.15, -0.1) is 0 Å². The first kappa shape index (κ1) is 17.7. The van der Waals surface area contributed by atoms with E-state index in [-0.39, 0.29) is 28.4 Å². The van der Waals surface area contributed by atoms with Gasteiger partial charge in [-0.1, -0.05) is 20.4 Å². The highest BCUT2D eigenvalue weighted by Gasteiger charge is 2.61. The summed E-state index contributed by atoms with van der Waals surface area (Å²) in [7, 11) is 0. The van der Waals surface area contributed by atoms with Crippen molar-refractivity contribution < 1.29 is 14.5 Å². The van der Waals surface area contributed by atoms with E-state index in [2.05, 4.69) is 20.4 Å². The molecule has 0 unspecified atom stereocenters. The summed E-state index contributed by atoms with van der Waals surface area (Å²) in [4.78, 5) is 23.4. The molecule has 26 heavy (non-hydrogen) atoms. The molecule has 142 valence electrons. The van der Waals surface area contributed by atoms with Gasteiger partial charge in [0, 0.05) is 17.4 Å². The largest absolute Gasteiger partial charge is 0.498 e. The molecular weight excluding hydrogens is 330 g/mol. The lowest BCUT2D eigenvalue weighted by Gasteiger charge is -2.57. The second-order valence-corrected chi connectivity index (χ2v) is 9.25. The Morgan fingerprint density at radius 3 is 2.62 bits per heavy atom. The van der Waals surface area contributed by atoms with Gasteiger partial charge in [-0.25, -0.2) is 0 Å². The van der Waals surface area contributed by atoms with Crippen molar-refractivity contribution in [2.24, 2.45) is 28.6 Å². The number of fused-ring (bicyclic) bond motifs is 5. The minimum Gasteiger partial charge on any atom is -0.498 e. The molecule has 0 bridgehead atoms. The summed E-state index contributed by atoms with van der Waals surface area (Å²) >= 11 is 0. The first-order valence-electron chi connectivity index (χ1n) is 10.0. The van der Waals surface area contributed by atoms with Crippen molar-refractivity contribution in [1.29, 1.82) is 0 Å². The van der Waals surface area contributed by atoms with Crippen LogP contribution in [0.2, 0.25) is 0 Å². The van der Waals surface area contributed by atoms with E-state index in [9.17, 15) is 14.9 Å². The maximum atomic E-state index is 12.2. The number of ether oxygens (including phenoxy) is 1. The van der Waals surface area contributed by atoms with E-state index in [1.807, 2.05) is 0 Å². The van der Waals surface area contributed by atoms with E-state index >= 15 is 0 Å². The van der Waals surface area contributed by atoms with E-state index in [0.717, 1.165) is 37.7 Å². The number of nitro groups is 1. The van der Waals surface area contributed by atoms with Crippen molar-refractivity contribution in [2.45, 2.75) is 71.3 Å². The first-order chi connectivity index (χ1) is 12.3. The third-order valence-corrected chi connectivity index (χ3v) is 8.45. The Balaban J connectivity index is 1.70. The summed E-state index contributed by atoms with van der Waals surface area (Å²) in [5.74, 6) is 1.39. The van der Waals surface area contributed by atoms with Crippen LogP contribution in [-0.4, -0.2) is 16.8 Å². The highest BCUT2D eigenvalue weighted by Crippen LogP contribution is 2.66. The van der Waals surface area contributed by atoms with E-state index in [0.29, 0.717) is 30.6 Å². The molecule has 0 aromatic heterocycles. The Kier molecular flexibility index (Phi) is 4.05. The third kappa shape index (κ3) is 2.25. The van der Waals surface area contributed by atoms with Crippen molar-refractivity contribution in [3.8, 4) is 0 Å². The second-order valence-electron chi connectivity index (χ2n) is 9.25. The van der Waals surface area contributed by atoms with Crippen LogP contribution in [0.4, 0.5) is 0 Å². The van der Waals surface area contributed by atoms with Crippen molar-refractivity contribution in [3.63, 3.8) is 0 Å². The van der Waals surface area contributed by atoms with Gasteiger partial charge in [0.2, 0.25) is 5.78 Å². The predicted octanol–water partition coefficient (Wildman–Crippen LogP) is 4.65. The second kappa shape index (κ2) is 5.93. The van der Waals surface area contributed by atoms with Crippen LogP contribution in [0.1, 0.15) is 65.2 Å². The van der Waals surface area contributed by atoms with Crippen LogP contribution in [0.3, 0.4) is 0 Å². The zero-order valence-electron chi connectivity index (χ0n) is 15.8. The third-order valence-electron chi connectivity index (χ3n) is 8.45. The topological polar surface area (TPSA) is 69.4 Å². The van der Waals surface area contributed by atoms with Gasteiger partial charge in [-0.05, 0) is 68.1 Å². The van der Waals surface area contributed by atoms with Gasteiger partial charge >= 0.3 is 5.70 Å². The minimum atomic E-state index is -0.411.